The van der Waals surface area contributed by atoms with Gasteiger partial charge in [0.15, 0.2) is 0 Å². The third-order valence-corrected chi connectivity index (χ3v) is 2.81. The molecule has 1 saturated carbocycles. The van der Waals surface area contributed by atoms with E-state index in [9.17, 15) is 0 Å². The molecule has 1 aliphatic rings. The molecule has 0 aliphatic heterocycles. The molecule has 15 heavy (non-hydrogen) atoms. The summed E-state index contributed by atoms with van der Waals surface area (Å²) in [5.74, 6) is 1.76. The Hall–Kier alpha value is -1.39. The summed E-state index contributed by atoms with van der Waals surface area (Å²) in [7, 11) is 0. The number of nitrogens with one attached hydrogen (secondary N) is 2. The first kappa shape index (κ1) is 8.88. The molecule has 0 radical (unpaired) electrons. The van der Waals surface area contributed by atoms with Crippen molar-refractivity contribution in [1.82, 2.24) is 15.4 Å². The SMILES string of the molecule is ONCc1ccc2nc(C3CC3)[nH]c2c1. The van der Waals surface area contributed by atoms with E-state index in [-0.39, 0.29) is 0 Å². The third-order valence-electron chi connectivity index (χ3n) is 2.81. The highest BCUT2D eigenvalue weighted by Gasteiger charge is 2.26. The van der Waals surface area contributed by atoms with Crippen molar-refractivity contribution >= 4 is 11.0 Å². The average Bonchev–Trinajstić information content (AvgIpc) is 2.99. The number of nitrogens with zero attached hydrogens (tertiary/aromatic N) is 1. The first-order chi connectivity index (χ1) is 7.36. The topological polar surface area (TPSA) is 60.9 Å². The molecule has 3 rings (SSSR count). The number of imidazole rings is 1. The maximum atomic E-state index is 8.62. The van der Waals surface area contributed by atoms with Crippen LogP contribution in [0.25, 0.3) is 11.0 Å². The van der Waals surface area contributed by atoms with Gasteiger partial charge in [-0.05, 0) is 30.5 Å². The minimum absolute atomic E-state index is 0.466. The predicted octanol–water partition coefficient (Wildman–Crippen LogP) is 1.92. The monoisotopic (exact) mass is 203 g/mol. The van der Waals surface area contributed by atoms with E-state index >= 15 is 0 Å². The zero-order valence-electron chi connectivity index (χ0n) is 8.33. The Labute approximate surface area is 87.3 Å². The Morgan fingerprint density at radius 2 is 2.33 bits per heavy atom. The van der Waals surface area contributed by atoms with Crippen LogP contribution in [0.2, 0.25) is 0 Å². The minimum Gasteiger partial charge on any atom is -0.342 e. The van der Waals surface area contributed by atoms with Crippen molar-refractivity contribution in [1.29, 1.82) is 0 Å². The van der Waals surface area contributed by atoms with Crippen LogP contribution in [0.5, 0.6) is 0 Å². The molecule has 1 fully saturated rings. The van der Waals surface area contributed by atoms with Crippen molar-refractivity contribution in [3.05, 3.63) is 29.6 Å². The number of aromatic nitrogens is 2. The van der Waals surface area contributed by atoms with Crippen LogP contribution in [0.15, 0.2) is 18.2 Å². The first-order valence-electron chi connectivity index (χ1n) is 5.22. The molecule has 1 aliphatic carbocycles. The molecule has 0 unspecified atom stereocenters. The van der Waals surface area contributed by atoms with Gasteiger partial charge in [0.1, 0.15) is 5.82 Å². The highest BCUT2D eigenvalue weighted by atomic mass is 16.5. The highest BCUT2D eigenvalue weighted by Crippen LogP contribution is 2.38. The second-order valence-electron chi connectivity index (χ2n) is 4.08. The van der Waals surface area contributed by atoms with E-state index in [2.05, 4.69) is 15.4 Å². The summed E-state index contributed by atoms with van der Waals surface area (Å²) >= 11 is 0. The normalized spacial score (nSPS) is 16.1. The largest absolute Gasteiger partial charge is 0.342 e. The smallest absolute Gasteiger partial charge is 0.110 e. The lowest BCUT2D eigenvalue weighted by molar-refractivity contribution is 0.161. The molecule has 1 aromatic carbocycles. The van der Waals surface area contributed by atoms with Crippen LogP contribution >= 0.6 is 0 Å². The Balaban J connectivity index is 2.02. The summed E-state index contributed by atoms with van der Waals surface area (Å²) in [6, 6.07) is 5.99. The summed E-state index contributed by atoms with van der Waals surface area (Å²) in [6.07, 6.45) is 2.51. The highest BCUT2D eigenvalue weighted by molar-refractivity contribution is 5.76. The molecule has 4 nitrogen and oxygen atoms in total. The molecule has 1 aromatic heterocycles. The van der Waals surface area contributed by atoms with Gasteiger partial charge in [-0.2, -0.15) is 0 Å². The van der Waals surface area contributed by atoms with Gasteiger partial charge in [-0.25, -0.2) is 10.5 Å². The second-order valence-corrected chi connectivity index (χ2v) is 4.08. The number of rotatable bonds is 3. The fourth-order valence-corrected chi connectivity index (χ4v) is 1.83. The molecule has 0 spiro atoms. The average molecular weight is 203 g/mol. The summed E-state index contributed by atoms with van der Waals surface area (Å²) < 4.78 is 0. The van der Waals surface area contributed by atoms with Gasteiger partial charge >= 0.3 is 0 Å². The lowest BCUT2D eigenvalue weighted by Gasteiger charge is -1.97. The summed E-state index contributed by atoms with van der Waals surface area (Å²) in [4.78, 5) is 7.87. The summed E-state index contributed by atoms with van der Waals surface area (Å²) in [5, 5.41) is 8.62. The summed E-state index contributed by atoms with van der Waals surface area (Å²) in [6.45, 7) is 0.466. The Bertz CT molecular complexity index is 488. The van der Waals surface area contributed by atoms with E-state index in [1.165, 1.54) is 12.8 Å². The van der Waals surface area contributed by atoms with Crippen molar-refractivity contribution in [3.63, 3.8) is 0 Å². The van der Waals surface area contributed by atoms with Gasteiger partial charge in [0, 0.05) is 12.5 Å². The Kier molecular flexibility index (Phi) is 1.97. The van der Waals surface area contributed by atoms with E-state index in [4.69, 9.17) is 5.21 Å². The minimum atomic E-state index is 0.466. The Morgan fingerprint density at radius 3 is 3.07 bits per heavy atom. The van der Waals surface area contributed by atoms with Crippen LogP contribution < -0.4 is 5.48 Å². The van der Waals surface area contributed by atoms with E-state index in [1.807, 2.05) is 18.2 Å². The van der Waals surface area contributed by atoms with Gasteiger partial charge < -0.3 is 10.2 Å². The van der Waals surface area contributed by atoms with E-state index in [1.54, 1.807) is 0 Å². The molecule has 0 saturated heterocycles. The van der Waals surface area contributed by atoms with Crippen molar-refractivity contribution in [3.8, 4) is 0 Å². The van der Waals surface area contributed by atoms with E-state index in [0.29, 0.717) is 12.5 Å². The van der Waals surface area contributed by atoms with Crippen molar-refractivity contribution in [2.75, 3.05) is 0 Å². The van der Waals surface area contributed by atoms with Gasteiger partial charge in [0.25, 0.3) is 0 Å². The lowest BCUT2D eigenvalue weighted by Crippen LogP contribution is -2.05. The maximum absolute atomic E-state index is 8.62. The second kappa shape index (κ2) is 3.32. The van der Waals surface area contributed by atoms with Crippen LogP contribution in [0.3, 0.4) is 0 Å². The molecule has 1 heterocycles. The fraction of sp³-hybridized carbons (Fsp3) is 0.364. The van der Waals surface area contributed by atoms with Crippen molar-refractivity contribution in [2.24, 2.45) is 0 Å². The van der Waals surface area contributed by atoms with E-state index in [0.717, 1.165) is 22.4 Å². The van der Waals surface area contributed by atoms with Crippen LogP contribution in [0.1, 0.15) is 30.1 Å². The zero-order chi connectivity index (χ0) is 10.3. The first-order valence-corrected chi connectivity index (χ1v) is 5.22. The van der Waals surface area contributed by atoms with Crippen LogP contribution in [-0.2, 0) is 6.54 Å². The molecule has 4 heteroatoms. The van der Waals surface area contributed by atoms with Crippen LogP contribution in [0, 0.1) is 0 Å². The molecule has 2 aromatic rings. The number of aromatic amines is 1. The van der Waals surface area contributed by atoms with Gasteiger partial charge in [0.2, 0.25) is 0 Å². The molecule has 3 N–H and O–H groups in total. The number of hydroxylamine groups is 1. The molecular formula is C11H13N3O. The Morgan fingerprint density at radius 1 is 1.47 bits per heavy atom. The number of benzene rings is 1. The van der Waals surface area contributed by atoms with Crippen molar-refractivity contribution < 1.29 is 5.21 Å². The van der Waals surface area contributed by atoms with Crippen LogP contribution in [0.4, 0.5) is 0 Å². The van der Waals surface area contributed by atoms with E-state index < -0.39 is 0 Å². The molecule has 0 atom stereocenters. The fourth-order valence-electron chi connectivity index (χ4n) is 1.83. The standard InChI is InChI=1S/C11H13N3O/c15-12-6-7-1-4-9-10(5-7)14-11(13-9)8-2-3-8/h1,4-5,8,12,15H,2-3,6H2,(H,13,14). The van der Waals surface area contributed by atoms with Gasteiger partial charge in [0.05, 0.1) is 11.0 Å². The molecule has 0 amide bonds. The number of hydrogen-bond donors (Lipinski definition) is 3. The maximum Gasteiger partial charge on any atom is 0.110 e. The van der Waals surface area contributed by atoms with Gasteiger partial charge in [-0.3, -0.25) is 0 Å². The quantitative estimate of drug-likeness (QED) is 0.668. The van der Waals surface area contributed by atoms with Gasteiger partial charge in [-0.1, -0.05) is 6.07 Å². The lowest BCUT2D eigenvalue weighted by atomic mass is 10.2. The molecule has 78 valence electrons. The molecule has 0 bridgehead atoms. The molecular weight excluding hydrogens is 190 g/mol. The number of fused-ring (bicyclic) bond motifs is 1. The summed E-state index contributed by atoms with van der Waals surface area (Å²) in [5.41, 5.74) is 5.28. The third kappa shape index (κ3) is 1.62. The van der Waals surface area contributed by atoms with Crippen molar-refractivity contribution in [2.45, 2.75) is 25.3 Å². The predicted molar refractivity (Wildman–Crippen MR) is 56.7 cm³/mol. The number of H-pyrrole nitrogens is 1. The van der Waals surface area contributed by atoms with Gasteiger partial charge in [-0.15, -0.1) is 0 Å². The number of hydrogen-bond acceptors (Lipinski definition) is 3. The van der Waals surface area contributed by atoms with Crippen LogP contribution in [-0.4, -0.2) is 15.2 Å². The zero-order valence-corrected chi connectivity index (χ0v) is 8.33.